The Balaban J connectivity index is 3.20. The van der Waals surface area contributed by atoms with Crippen molar-refractivity contribution in [3.8, 4) is 6.07 Å². The first-order valence-electron chi connectivity index (χ1n) is 3.71. The van der Waals surface area contributed by atoms with Crippen LogP contribution in [0, 0.1) is 17.1 Å². The molecule has 0 atom stereocenters. The van der Waals surface area contributed by atoms with E-state index in [1.54, 1.807) is 13.8 Å². The summed E-state index contributed by atoms with van der Waals surface area (Å²) >= 11 is 2.97. The SMILES string of the molecule is CC(C)(C#N)c1ccc(F)c(Br)n1. The Kier molecular flexibility index (Phi) is 2.67. The van der Waals surface area contributed by atoms with Crippen molar-refractivity contribution in [1.82, 2.24) is 4.98 Å². The Hall–Kier alpha value is -0.950. The number of nitriles is 1. The number of hydrogen-bond acceptors (Lipinski definition) is 2. The van der Waals surface area contributed by atoms with Gasteiger partial charge in [-0.2, -0.15) is 5.26 Å². The largest absolute Gasteiger partial charge is 0.241 e. The molecule has 0 aliphatic heterocycles. The van der Waals surface area contributed by atoms with Crippen molar-refractivity contribution in [1.29, 1.82) is 5.26 Å². The molecule has 1 aromatic heterocycles. The summed E-state index contributed by atoms with van der Waals surface area (Å²) in [6, 6.07) is 4.91. The molecule has 0 saturated heterocycles. The summed E-state index contributed by atoms with van der Waals surface area (Å²) in [7, 11) is 0. The molecular formula is C9H8BrFN2. The van der Waals surface area contributed by atoms with Crippen molar-refractivity contribution in [2.45, 2.75) is 19.3 Å². The van der Waals surface area contributed by atoms with Gasteiger partial charge in [0.05, 0.1) is 17.2 Å². The van der Waals surface area contributed by atoms with Crippen LogP contribution in [0.5, 0.6) is 0 Å². The third-order valence-corrected chi connectivity index (χ3v) is 2.28. The van der Waals surface area contributed by atoms with Gasteiger partial charge in [0.2, 0.25) is 0 Å². The van der Waals surface area contributed by atoms with Gasteiger partial charge < -0.3 is 0 Å². The summed E-state index contributed by atoms with van der Waals surface area (Å²) in [5, 5.41) is 8.81. The van der Waals surface area contributed by atoms with Crippen LogP contribution in [0.25, 0.3) is 0 Å². The summed E-state index contributed by atoms with van der Waals surface area (Å²) < 4.78 is 12.9. The highest BCUT2D eigenvalue weighted by Gasteiger charge is 2.22. The summed E-state index contributed by atoms with van der Waals surface area (Å²) in [5.41, 5.74) is -0.126. The Morgan fingerprint density at radius 1 is 1.54 bits per heavy atom. The summed E-state index contributed by atoms with van der Waals surface area (Å²) in [6.45, 7) is 3.47. The minimum absolute atomic E-state index is 0.147. The molecule has 2 nitrogen and oxygen atoms in total. The van der Waals surface area contributed by atoms with Crippen molar-refractivity contribution in [3.05, 3.63) is 28.2 Å². The fourth-order valence-corrected chi connectivity index (χ4v) is 1.15. The molecule has 0 aromatic carbocycles. The van der Waals surface area contributed by atoms with Crippen LogP contribution in [0.1, 0.15) is 19.5 Å². The first-order valence-corrected chi connectivity index (χ1v) is 4.50. The van der Waals surface area contributed by atoms with Gasteiger partial charge in [0, 0.05) is 0 Å². The van der Waals surface area contributed by atoms with Crippen LogP contribution in [-0.4, -0.2) is 4.98 Å². The maximum atomic E-state index is 12.8. The molecule has 0 fully saturated rings. The van der Waals surface area contributed by atoms with Gasteiger partial charge in [-0.25, -0.2) is 9.37 Å². The van der Waals surface area contributed by atoms with Gasteiger partial charge in [0.25, 0.3) is 0 Å². The second-order valence-corrected chi connectivity index (χ2v) is 3.96. The first kappa shape index (κ1) is 10.1. The Morgan fingerprint density at radius 3 is 2.62 bits per heavy atom. The van der Waals surface area contributed by atoms with Crippen molar-refractivity contribution in [3.63, 3.8) is 0 Å². The second-order valence-electron chi connectivity index (χ2n) is 3.21. The van der Waals surface area contributed by atoms with E-state index in [0.29, 0.717) is 5.69 Å². The van der Waals surface area contributed by atoms with E-state index in [4.69, 9.17) is 5.26 Å². The first-order chi connectivity index (χ1) is 5.97. The molecule has 0 saturated carbocycles. The van der Waals surface area contributed by atoms with Crippen LogP contribution in [0.2, 0.25) is 0 Å². The maximum absolute atomic E-state index is 12.8. The Labute approximate surface area is 84.5 Å². The number of halogens is 2. The monoisotopic (exact) mass is 242 g/mol. The minimum Gasteiger partial charge on any atom is -0.241 e. The molecule has 68 valence electrons. The predicted molar refractivity (Wildman–Crippen MR) is 50.5 cm³/mol. The Bertz CT molecular complexity index is 368. The molecule has 0 aliphatic rings. The topological polar surface area (TPSA) is 36.7 Å². The van der Waals surface area contributed by atoms with Crippen LogP contribution in [0.15, 0.2) is 16.7 Å². The maximum Gasteiger partial charge on any atom is 0.155 e. The number of hydrogen-bond donors (Lipinski definition) is 0. The third-order valence-electron chi connectivity index (χ3n) is 1.72. The predicted octanol–water partition coefficient (Wildman–Crippen LogP) is 2.78. The molecule has 0 bridgehead atoms. The summed E-state index contributed by atoms with van der Waals surface area (Å²) in [6.07, 6.45) is 0. The molecule has 1 aromatic rings. The van der Waals surface area contributed by atoms with Gasteiger partial charge in [0.1, 0.15) is 4.60 Å². The minimum atomic E-state index is -0.684. The van der Waals surface area contributed by atoms with Gasteiger partial charge in [-0.3, -0.25) is 0 Å². The normalized spacial score (nSPS) is 11.0. The fourth-order valence-electron chi connectivity index (χ4n) is 0.823. The zero-order chi connectivity index (χ0) is 10.1. The lowest BCUT2D eigenvalue weighted by molar-refractivity contribution is 0.596. The lowest BCUT2D eigenvalue weighted by Gasteiger charge is -2.14. The molecule has 0 radical (unpaired) electrons. The van der Waals surface area contributed by atoms with Crippen molar-refractivity contribution in [2.24, 2.45) is 0 Å². The van der Waals surface area contributed by atoms with Gasteiger partial charge in [0.15, 0.2) is 5.82 Å². The van der Waals surface area contributed by atoms with E-state index in [9.17, 15) is 4.39 Å². The van der Waals surface area contributed by atoms with Crippen LogP contribution in [0.4, 0.5) is 4.39 Å². The van der Waals surface area contributed by atoms with Gasteiger partial charge in [-0.1, -0.05) is 0 Å². The van der Waals surface area contributed by atoms with Crippen LogP contribution < -0.4 is 0 Å². The smallest absolute Gasteiger partial charge is 0.155 e. The zero-order valence-electron chi connectivity index (χ0n) is 7.31. The summed E-state index contributed by atoms with van der Waals surface area (Å²) in [5.74, 6) is -0.419. The highest BCUT2D eigenvalue weighted by molar-refractivity contribution is 9.10. The summed E-state index contributed by atoms with van der Waals surface area (Å²) in [4.78, 5) is 3.93. The zero-order valence-corrected chi connectivity index (χ0v) is 8.89. The lowest BCUT2D eigenvalue weighted by Crippen LogP contribution is -2.16. The molecule has 0 aliphatic carbocycles. The van der Waals surface area contributed by atoms with E-state index in [0.717, 1.165) is 0 Å². The number of rotatable bonds is 1. The standard InChI is InChI=1S/C9H8BrFN2/c1-9(2,5-12)7-4-3-6(11)8(10)13-7/h3-4H,1-2H3. The lowest BCUT2D eigenvalue weighted by atomic mass is 9.91. The number of aromatic nitrogens is 1. The highest BCUT2D eigenvalue weighted by atomic mass is 79.9. The molecule has 0 amide bonds. The van der Waals surface area contributed by atoms with E-state index < -0.39 is 11.2 Å². The molecule has 0 N–H and O–H groups in total. The molecular weight excluding hydrogens is 235 g/mol. The van der Waals surface area contributed by atoms with Gasteiger partial charge >= 0.3 is 0 Å². The Morgan fingerprint density at radius 2 is 2.15 bits per heavy atom. The van der Waals surface area contributed by atoms with Crippen molar-refractivity contribution < 1.29 is 4.39 Å². The van der Waals surface area contributed by atoms with Crippen LogP contribution in [0.3, 0.4) is 0 Å². The van der Waals surface area contributed by atoms with Crippen molar-refractivity contribution >= 4 is 15.9 Å². The number of nitrogens with zero attached hydrogens (tertiary/aromatic N) is 2. The molecule has 4 heteroatoms. The van der Waals surface area contributed by atoms with E-state index in [1.807, 2.05) is 0 Å². The van der Waals surface area contributed by atoms with Gasteiger partial charge in [-0.05, 0) is 41.9 Å². The third kappa shape index (κ3) is 2.04. The van der Waals surface area contributed by atoms with E-state index in [2.05, 4.69) is 27.0 Å². The van der Waals surface area contributed by atoms with E-state index in [-0.39, 0.29) is 4.60 Å². The average molecular weight is 243 g/mol. The molecule has 0 spiro atoms. The van der Waals surface area contributed by atoms with Gasteiger partial charge in [-0.15, -0.1) is 0 Å². The van der Waals surface area contributed by atoms with E-state index in [1.165, 1.54) is 12.1 Å². The molecule has 1 rings (SSSR count). The van der Waals surface area contributed by atoms with E-state index >= 15 is 0 Å². The van der Waals surface area contributed by atoms with Crippen molar-refractivity contribution in [2.75, 3.05) is 0 Å². The second kappa shape index (κ2) is 3.43. The fraction of sp³-hybridized carbons (Fsp3) is 0.333. The molecule has 1 heterocycles. The quantitative estimate of drug-likeness (QED) is 0.711. The highest BCUT2D eigenvalue weighted by Crippen LogP contribution is 2.22. The number of pyridine rings is 1. The molecule has 0 unspecified atom stereocenters. The van der Waals surface area contributed by atoms with Crippen LogP contribution in [-0.2, 0) is 5.41 Å². The average Bonchev–Trinajstić information content (AvgIpc) is 2.09. The van der Waals surface area contributed by atoms with Crippen LogP contribution >= 0.6 is 15.9 Å². The molecule has 13 heavy (non-hydrogen) atoms.